The van der Waals surface area contributed by atoms with Gasteiger partial charge in [-0.15, -0.1) is 0 Å². The Kier molecular flexibility index (Phi) is 7.38. The Morgan fingerprint density at radius 3 is 1.76 bits per heavy atom. The minimum absolute atomic E-state index is 0.0586. The highest BCUT2D eigenvalue weighted by atomic mass is 19.4. The molecule has 0 aliphatic heterocycles. The average molecular weight is 318 g/mol. The zero-order chi connectivity index (χ0) is 16.7. The molecule has 0 spiro atoms. The van der Waals surface area contributed by atoms with Gasteiger partial charge in [-0.25, -0.2) is 0 Å². The van der Waals surface area contributed by atoms with Gasteiger partial charge in [0.2, 0.25) is 0 Å². The largest absolute Gasteiger partial charge is 0.484 e. The fraction of sp³-hybridized carbons (Fsp3) is 0.538. The van der Waals surface area contributed by atoms with Crippen molar-refractivity contribution in [3.05, 3.63) is 23.8 Å². The van der Waals surface area contributed by atoms with Gasteiger partial charge in [0.1, 0.15) is 11.5 Å². The quantitative estimate of drug-likeness (QED) is 0.735. The molecule has 0 heterocycles. The summed E-state index contributed by atoms with van der Waals surface area (Å²) in [6, 6.07) is 3.43. The van der Waals surface area contributed by atoms with Crippen LogP contribution in [0.5, 0.6) is 11.5 Å². The van der Waals surface area contributed by atoms with Crippen molar-refractivity contribution < 1.29 is 35.8 Å². The molecule has 0 unspecified atom stereocenters. The second-order valence-corrected chi connectivity index (χ2v) is 3.74. The Hall–Kier alpha value is -1.60. The van der Waals surface area contributed by atoms with Gasteiger partial charge in [0.05, 0.1) is 0 Å². The third-order valence-electron chi connectivity index (χ3n) is 1.94. The number of hydrogen-bond donors (Lipinski definition) is 0. The fourth-order valence-corrected chi connectivity index (χ4v) is 1.20. The van der Waals surface area contributed by atoms with E-state index in [0.29, 0.717) is 0 Å². The third-order valence-corrected chi connectivity index (χ3v) is 1.94. The van der Waals surface area contributed by atoms with Crippen LogP contribution >= 0.6 is 0 Å². The van der Waals surface area contributed by atoms with Crippen molar-refractivity contribution in [1.82, 2.24) is 0 Å². The number of hydrogen-bond acceptors (Lipinski definition) is 2. The predicted octanol–water partition coefficient (Wildman–Crippen LogP) is 4.90. The Morgan fingerprint density at radius 2 is 1.33 bits per heavy atom. The Balaban J connectivity index is 0.00000191. The number of halogens is 6. The summed E-state index contributed by atoms with van der Waals surface area (Å²) in [5, 5.41) is 0. The first-order valence-corrected chi connectivity index (χ1v) is 6.06. The Morgan fingerprint density at radius 1 is 0.857 bits per heavy atom. The molecule has 0 aliphatic carbocycles. The lowest BCUT2D eigenvalue weighted by molar-refractivity contribution is -0.154. The van der Waals surface area contributed by atoms with Crippen molar-refractivity contribution in [2.45, 2.75) is 33.1 Å². The molecule has 1 aromatic rings. The first kappa shape index (κ1) is 19.4. The van der Waals surface area contributed by atoms with E-state index in [2.05, 4.69) is 9.47 Å². The summed E-state index contributed by atoms with van der Waals surface area (Å²) in [7, 11) is 0. The molecule has 1 rings (SSSR count). The van der Waals surface area contributed by atoms with Crippen molar-refractivity contribution in [2.75, 3.05) is 13.2 Å². The smallest absolute Gasteiger partial charge is 0.422 e. The van der Waals surface area contributed by atoms with Crippen LogP contribution in [0.15, 0.2) is 18.2 Å². The average Bonchev–Trinajstić information content (AvgIpc) is 2.36. The minimum Gasteiger partial charge on any atom is -0.484 e. The summed E-state index contributed by atoms with van der Waals surface area (Å²) < 4.78 is 80.4. The summed E-state index contributed by atoms with van der Waals surface area (Å²) in [4.78, 5) is 0. The highest BCUT2D eigenvalue weighted by Gasteiger charge is 2.29. The molecule has 0 radical (unpaired) electrons. The van der Waals surface area contributed by atoms with E-state index in [1.165, 1.54) is 13.0 Å². The number of rotatable bonds is 4. The predicted molar refractivity (Wildman–Crippen MR) is 65.6 cm³/mol. The third kappa shape index (κ3) is 9.04. The van der Waals surface area contributed by atoms with Crippen LogP contribution < -0.4 is 9.47 Å². The molecule has 1 aromatic carbocycles. The lowest BCUT2D eigenvalue weighted by Crippen LogP contribution is -2.20. The monoisotopic (exact) mass is 318 g/mol. The van der Waals surface area contributed by atoms with Gasteiger partial charge in [0.25, 0.3) is 0 Å². The van der Waals surface area contributed by atoms with E-state index in [4.69, 9.17) is 0 Å². The molecule has 0 saturated heterocycles. The van der Waals surface area contributed by atoms with E-state index in [1.807, 2.05) is 13.8 Å². The summed E-state index contributed by atoms with van der Waals surface area (Å²) in [5.74, 6) is -0.147. The van der Waals surface area contributed by atoms with Crippen LogP contribution in [0.4, 0.5) is 26.3 Å². The highest BCUT2D eigenvalue weighted by Crippen LogP contribution is 2.26. The molecule has 0 aliphatic rings. The van der Waals surface area contributed by atoms with Crippen molar-refractivity contribution in [2.24, 2.45) is 0 Å². The van der Waals surface area contributed by atoms with Gasteiger partial charge < -0.3 is 9.47 Å². The highest BCUT2D eigenvalue weighted by molar-refractivity contribution is 5.39. The molecule has 2 nitrogen and oxygen atoms in total. The fourth-order valence-electron chi connectivity index (χ4n) is 1.20. The number of aryl methyl sites for hydroxylation is 1. The molecule has 0 atom stereocenters. The van der Waals surface area contributed by atoms with Crippen LogP contribution in [0, 0.1) is 6.92 Å². The molecule has 0 amide bonds. The summed E-state index contributed by atoms with van der Waals surface area (Å²) in [5.41, 5.74) is 0.254. The first-order valence-electron chi connectivity index (χ1n) is 6.06. The van der Waals surface area contributed by atoms with Crippen LogP contribution in [0.2, 0.25) is 0 Å². The van der Waals surface area contributed by atoms with E-state index in [-0.39, 0.29) is 17.1 Å². The van der Waals surface area contributed by atoms with Crippen molar-refractivity contribution in [1.29, 1.82) is 0 Å². The van der Waals surface area contributed by atoms with Gasteiger partial charge in [0.15, 0.2) is 13.2 Å². The second kappa shape index (κ2) is 7.99. The minimum atomic E-state index is -4.47. The molecule has 8 heteroatoms. The maximum absolute atomic E-state index is 11.9. The van der Waals surface area contributed by atoms with Crippen molar-refractivity contribution in [3.8, 4) is 11.5 Å². The Labute approximate surface area is 118 Å². The van der Waals surface area contributed by atoms with Gasteiger partial charge in [-0.05, 0) is 30.7 Å². The van der Waals surface area contributed by atoms with E-state index in [1.54, 1.807) is 0 Å². The van der Waals surface area contributed by atoms with Gasteiger partial charge in [-0.2, -0.15) is 26.3 Å². The lowest BCUT2D eigenvalue weighted by atomic mass is 10.2. The van der Waals surface area contributed by atoms with Gasteiger partial charge in [0, 0.05) is 0 Å². The van der Waals surface area contributed by atoms with E-state index >= 15 is 0 Å². The first-order chi connectivity index (χ1) is 9.57. The molecular weight excluding hydrogens is 302 g/mol. The summed E-state index contributed by atoms with van der Waals surface area (Å²) in [6.07, 6.45) is -8.95. The van der Waals surface area contributed by atoms with Gasteiger partial charge >= 0.3 is 12.4 Å². The van der Waals surface area contributed by atoms with Crippen molar-refractivity contribution in [3.63, 3.8) is 0 Å². The van der Waals surface area contributed by atoms with Crippen molar-refractivity contribution >= 4 is 0 Å². The van der Waals surface area contributed by atoms with Crippen LogP contribution in [0.25, 0.3) is 0 Å². The standard InChI is InChI=1S/C11H10F6O2.C2H6/c1-7-4-8(18-5-10(12,13)14)2-3-9(7)19-6-11(15,16)17;1-2/h2-4H,5-6H2,1H3;1-2H3. The summed E-state index contributed by atoms with van der Waals surface area (Å²) >= 11 is 0. The normalized spacial score (nSPS) is 11.5. The van der Waals surface area contributed by atoms with Crippen LogP contribution in [-0.4, -0.2) is 25.6 Å². The van der Waals surface area contributed by atoms with E-state index in [9.17, 15) is 26.3 Å². The molecular formula is C13H16F6O2. The SMILES string of the molecule is CC.Cc1cc(OCC(F)(F)F)ccc1OCC(F)(F)F. The summed E-state index contributed by atoms with van der Waals surface area (Å²) in [6.45, 7) is 2.48. The number of alkyl halides is 6. The van der Waals surface area contributed by atoms with Gasteiger partial charge in [-0.3, -0.25) is 0 Å². The van der Waals surface area contributed by atoms with E-state index in [0.717, 1.165) is 12.1 Å². The molecule has 0 N–H and O–H groups in total. The lowest BCUT2D eigenvalue weighted by Gasteiger charge is -2.13. The van der Waals surface area contributed by atoms with E-state index < -0.39 is 25.6 Å². The maximum atomic E-state index is 11.9. The zero-order valence-electron chi connectivity index (χ0n) is 11.7. The molecule has 0 fully saturated rings. The van der Waals surface area contributed by atoms with Gasteiger partial charge in [-0.1, -0.05) is 13.8 Å². The molecule has 0 saturated carbocycles. The molecule has 0 aromatic heterocycles. The Bertz CT molecular complexity index is 426. The maximum Gasteiger partial charge on any atom is 0.422 e. The van der Waals surface area contributed by atoms with Crippen LogP contribution in [0.3, 0.4) is 0 Å². The molecule has 122 valence electrons. The van der Waals surface area contributed by atoms with Crippen LogP contribution in [0.1, 0.15) is 19.4 Å². The number of benzene rings is 1. The second-order valence-electron chi connectivity index (χ2n) is 3.74. The zero-order valence-corrected chi connectivity index (χ0v) is 11.7. The molecule has 21 heavy (non-hydrogen) atoms. The van der Waals surface area contributed by atoms with Crippen LogP contribution in [-0.2, 0) is 0 Å². The topological polar surface area (TPSA) is 18.5 Å². The molecule has 0 bridgehead atoms. The number of ether oxygens (including phenoxy) is 2.